The number of rotatable bonds is 2. The largest absolute Gasteiger partial charge is 0.481 e. The SMILES string of the molecule is CC1(C(=O)O)CCCN(C(=O)c2ccco2)C1. The maximum absolute atomic E-state index is 12.0. The molecule has 0 spiro atoms. The molecule has 2 heterocycles. The third-order valence-corrected chi connectivity index (χ3v) is 3.23. The fourth-order valence-corrected chi connectivity index (χ4v) is 2.14. The number of amides is 1. The van der Waals surface area contributed by atoms with Gasteiger partial charge in [0.15, 0.2) is 5.76 Å². The standard InChI is InChI=1S/C12H15NO4/c1-12(11(15)16)5-3-6-13(8-12)10(14)9-4-2-7-17-9/h2,4,7H,3,5-6,8H2,1H3,(H,15,16). The van der Waals surface area contributed by atoms with Crippen LogP contribution in [-0.2, 0) is 4.79 Å². The number of hydrogen-bond acceptors (Lipinski definition) is 3. The zero-order valence-corrected chi connectivity index (χ0v) is 9.68. The Bertz CT molecular complexity index is 426. The molecule has 0 radical (unpaired) electrons. The molecule has 1 fully saturated rings. The maximum atomic E-state index is 12.0. The van der Waals surface area contributed by atoms with Crippen molar-refractivity contribution in [1.29, 1.82) is 0 Å². The lowest BCUT2D eigenvalue weighted by atomic mass is 9.82. The molecule has 2 rings (SSSR count). The van der Waals surface area contributed by atoms with Crippen LogP contribution in [-0.4, -0.2) is 35.0 Å². The topological polar surface area (TPSA) is 70.8 Å². The van der Waals surface area contributed by atoms with Crippen LogP contribution < -0.4 is 0 Å². The number of carboxylic acids is 1. The number of carbonyl (C=O) groups is 2. The molecule has 5 heteroatoms. The van der Waals surface area contributed by atoms with Crippen LogP contribution in [0.4, 0.5) is 0 Å². The van der Waals surface area contributed by atoms with E-state index in [0.717, 1.165) is 0 Å². The second-order valence-corrected chi connectivity index (χ2v) is 4.67. The van der Waals surface area contributed by atoms with Gasteiger partial charge < -0.3 is 14.4 Å². The van der Waals surface area contributed by atoms with Crippen LogP contribution >= 0.6 is 0 Å². The lowest BCUT2D eigenvalue weighted by molar-refractivity contribution is -0.150. The first-order valence-electron chi connectivity index (χ1n) is 5.59. The Morgan fingerprint density at radius 1 is 1.53 bits per heavy atom. The molecule has 0 bridgehead atoms. The summed E-state index contributed by atoms with van der Waals surface area (Å²) in [6.45, 7) is 2.50. The second-order valence-electron chi connectivity index (χ2n) is 4.67. The Morgan fingerprint density at radius 3 is 2.88 bits per heavy atom. The Kier molecular flexibility index (Phi) is 2.92. The van der Waals surface area contributed by atoms with Crippen molar-refractivity contribution in [2.24, 2.45) is 5.41 Å². The zero-order chi connectivity index (χ0) is 12.5. The van der Waals surface area contributed by atoms with E-state index in [1.165, 1.54) is 6.26 Å². The molecule has 1 amide bonds. The van der Waals surface area contributed by atoms with E-state index >= 15 is 0 Å². The van der Waals surface area contributed by atoms with Crippen LogP contribution in [0.25, 0.3) is 0 Å². The molecule has 1 unspecified atom stereocenters. The third-order valence-electron chi connectivity index (χ3n) is 3.23. The van der Waals surface area contributed by atoms with Gasteiger partial charge in [-0.1, -0.05) is 0 Å². The molecule has 0 saturated carbocycles. The van der Waals surface area contributed by atoms with Gasteiger partial charge in [-0.2, -0.15) is 0 Å². The van der Waals surface area contributed by atoms with Crippen molar-refractivity contribution in [1.82, 2.24) is 4.90 Å². The molecule has 17 heavy (non-hydrogen) atoms. The molecule has 0 aromatic carbocycles. The Balaban J connectivity index is 2.13. The minimum Gasteiger partial charge on any atom is -0.481 e. The number of likely N-dealkylation sites (tertiary alicyclic amines) is 1. The maximum Gasteiger partial charge on any atom is 0.311 e. The van der Waals surface area contributed by atoms with E-state index in [4.69, 9.17) is 9.52 Å². The minimum absolute atomic E-state index is 0.234. The number of carboxylic acid groups (broad SMARTS) is 1. The third kappa shape index (κ3) is 2.18. The van der Waals surface area contributed by atoms with Gasteiger partial charge in [-0.3, -0.25) is 9.59 Å². The fraction of sp³-hybridized carbons (Fsp3) is 0.500. The van der Waals surface area contributed by atoms with Gasteiger partial charge in [-0.15, -0.1) is 0 Å². The molecule has 1 aliphatic heterocycles. The second kappa shape index (κ2) is 4.24. The minimum atomic E-state index is -0.852. The van der Waals surface area contributed by atoms with E-state index in [0.29, 0.717) is 19.4 Å². The van der Waals surface area contributed by atoms with Gasteiger partial charge >= 0.3 is 5.97 Å². The summed E-state index contributed by atoms with van der Waals surface area (Å²) in [5.74, 6) is -0.823. The first-order chi connectivity index (χ1) is 8.03. The van der Waals surface area contributed by atoms with Gasteiger partial charge in [-0.25, -0.2) is 0 Å². The van der Waals surface area contributed by atoms with Crippen LogP contribution in [0.5, 0.6) is 0 Å². The highest BCUT2D eigenvalue weighted by Gasteiger charge is 2.39. The van der Waals surface area contributed by atoms with Crippen molar-refractivity contribution in [3.63, 3.8) is 0 Å². The number of hydrogen-bond donors (Lipinski definition) is 1. The molecule has 5 nitrogen and oxygen atoms in total. The van der Waals surface area contributed by atoms with Gasteiger partial charge in [0.2, 0.25) is 0 Å². The summed E-state index contributed by atoms with van der Waals surface area (Å²) >= 11 is 0. The summed E-state index contributed by atoms with van der Waals surface area (Å²) in [6.07, 6.45) is 2.74. The van der Waals surface area contributed by atoms with Crippen molar-refractivity contribution in [3.8, 4) is 0 Å². The lowest BCUT2D eigenvalue weighted by Crippen LogP contribution is -2.48. The Labute approximate surface area is 99.0 Å². The van der Waals surface area contributed by atoms with Gasteiger partial charge in [0, 0.05) is 13.1 Å². The normalized spacial score (nSPS) is 24.6. The quantitative estimate of drug-likeness (QED) is 0.848. The van der Waals surface area contributed by atoms with E-state index in [2.05, 4.69) is 0 Å². The Hall–Kier alpha value is -1.78. The van der Waals surface area contributed by atoms with Crippen LogP contribution in [0, 0.1) is 5.41 Å². The van der Waals surface area contributed by atoms with Crippen LogP contribution in [0.1, 0.15) is 30.3 Å². The predicted molar refractivity (Wildman–Crippen MR) is 59.6 cm³/mol. The number of aliphatic carboxylic acids is 1. The molecule has 1 aromatic rings. The van der Waals surface area contributed by atoms with Crippen molar-refractivity contribution in [2.45, 2.75) is 19.8 Å². The summed E-state index contributed by atoms with van der Waals surface area (Å²) in [5, 5.41) is 9.17. The van der Waals surface area contributed by atoms with Gasteiger partial charge in [0.25, 0.3) is 5.91 Å². The molecule has 1 aliphatic rings. The average molecular weight is 237 g/mol. The van der Waals surface area contributed by atoms with Gasteiger partial charge in [0.1, 0.15) is 0 Å². The number of carbonyl (C=O) groups excluding carboxylic acids is 1. The first-order valence-corrected chi connectivity index (χ1v) is 5.59. The smallest absolute Gasteiger partial charge is 0.311 e. The molecular weight excluding hydrogens is 222 g/mol. The summed E-state index contributed by atoms with van der Waals surface area (Å²) < 4.78 is 5.04. The summed E-state index contributed by atoms with van der Waals surface area (Å²) in [5.41, 5.74) is -0.847. The summed E-state index contributed by atoms with van der Waals surface area (Å²) in [6, 6.07) is 3.24. The first kappa shape index (κ1) is 11.7. The zero-order valence-electron chi connectivity index (χ0n) is 9.68. The molecule has 1 N–H and O–H groups in total. The highest BCUT2D eigenvalue weighted by Crippen LogP contribution is 2.30. The monoisotopic (exact) mass is 237 g/mol. The molecule has 1 atom stereocenters. The van der Waals surface area contributed by atoms with Crippen LogP contribution in [0.15, 0.2) is 22.8 Å². The van der Waals surface area contributed by atoms with E-state index in [1.54, 1.807) is 24.0 Å². The summed E-state index contributed by atoms with van der Waals surface area (Å²) in [4.78, 5) is 24.7. The van der Waals surface area contributed by atoms with E-state index in [9.17, 15) is 9.59 Å². The number of nitrogens with zero attached hydrogens (tertiary/aromatic N) is 1. The van der Waals surface area contributed by atoms with Crippen molar-refractivity contribution in [2.75, 3.05) is 13.1 Å². The number of piperidine rings is 1. The van der Waals surface area contributed by atoms with Crippen molar-refractivity contribution in [3.05, 3.63) is 24.2 Å². The fourth-order valence-electron chi connectivity index (χ4n) is 2.14. The number of furan rings is 1. The Morgan fingerprint density at radius 2 is 2.29 bits per heavy atom. The van der Waals surface area contributed by atoms with Gasteiger partial charge in [0.05, 0.1) is 11.7 Å². The van der Waals surface area contributed by atoms with Crippen LogP contribution in [0.2, 0.25) is 0 Å². The van der Waals surface area contributed by atoms with E-state index < -0.39 is 11.4 Å². The molecule has 1 saturated heterocycles. The average Bonchev–Trinajstić information content (AvgIpc) is 2.81. The molecule has 92 valence electrons. The van der Waals surface area contributed by atoms with E-state index in [1.807, 2.05) is 0 Å². The summed E-state index contributed by atoms with van der Waals surface area (Å²) in [7, 11) is 0. The lowest BCUT2D eigenvalue weighted by Gasteiger charge is -2.37. The van der Waals surface area contributed by atoms with Crippen molar-refractivity contribution >= 4 is 11.9 Å². The van der Waals surface area contributed by atoms with Gasteiger partial charge in [-0.05, 0) is 31.9 Å². The molecular formula is C12H15NO4. The molecule has 0 aliphatic carbocycles. The predicted octanol–water partition coefficient (Wildman–Crippen LogP) is 1.61. The highest BCUT2D eigenvalue weighted by molar-refractivity contribution is 5.92. The molecule has 1 aromatic heterocycles. The van der Waals surface area contributed by atoms with Crippen molar-refractivity contribution < 1.29 is 19.1 Å². The van der Waals surface area contributed by atoms with E-state index in [-0.39, 0.29) is 18.2 Å². The van der Waals surface area contributed by atoms with Crippen LogP contribution in [0.3, 0.4) is 0 Å². The highest BCUT2D eigenvalue weighted by atomic mass is 16.4.